The molecule has 24 heavy (non-hydrogen) atoms. The van der Waals surface area contributed by atoms with Gasteiger partial charge in [-0.05, 0) is 31.5 Å². The quantitative estimate of drug-likeness (QED) is 0.239. The Morgan fingerprint density at radius 3 is 2.58 bits per heavy atom. The minimum absolute atomic E-state index is 0.123. The summed E-state index contributed by atoms with van der Waals surface area (Å²) in [7, 11) is 1.43. The molecule has 0 saturated carbocycles. The van der Waals surface area contributed by atoms with Gasteiger partial charge in [-0.15, -0.1) is 11.8 Å². The average molecular weight is 352 g/mol. The molecule has 134 valence electrons. The van der Waals surface area contributed by atoms with Crippen LogP contribution in [0.3, 0.4) is 0 Å². The van der Waals surface area contributed by atoms with Crippen molar-refractivity contribution in [3.63, 3.8) is 0 Å². The van der Waals surface area contributed by atoms with Crippen molar-refractivity contribution in [2.45, 2.75) is 55.9 Å². The van der Waals surface area contributed by atoms with Crippen LogP contribution in [0.5, 0.6) is 0 Å². The molecule has 0 fully saturated rings. The van der Waals surface area contributed by atoms with Crippen LogP contribution >= 0.6 is 11.8 Å². The van der Waals surface area contributed by atoms with Gasteiger partial charge in [0, 0.05) is 23.1 Å². The van der Waals surface area contributed by atoms with E-state index in [2.05, 4.69) is 17.4 Å². The Morgan fingerprint density at radius 1 is 1.17 bits per heavy atom. The van der Waals surface area contributed by atoms with E-state index in [1.807, 2.05) is 18.2 Å². The summed E-state index contributed by atoms with van der Waals surface area (Å²) in [5.74, 6) is 0.674. The van der Waals surface area contributed by atoms with Gasteiger partial charge in [0.15, 0.2) is 0 Å². The molecular weight excluding hydrogens is 322 g/mol. The van der Waals surface area contributed by atoms with Crippen LogP contribution in [0.2, 0.25) is 0 Å². The predicted molar refractivity (Wildman–Crippen MR) is 99.4 cm³/mol. The van der Waals surface area contributed by atoms with E-state index in [1.165, 1.54) is 12.0 Å². The lowest BCUT2D eigenvalue weighted by molar-refractivity contribution is -0.141. The van der Waals surface area contributed by atoms with E-state index in [1.54, 1.807) is 11.8 Å². The molecule has 1 aromatic carbocycles. The molecule has 0 aliphatic carbocycles. The second-order valence-electron chi connectivity index (χ2n) is 5.78. The third-order valence-electron chi connectivity index (χ3n) is 3.77. The Morgan fingerprint density at radius 2 is 1.88 bits per heavy atom. The third kappa shape index (κ3) is 10.4. The first-order chi connectivity index (χ1) is 11.8. The molecule has 0 spiro atoms. The number of esters is 1. The van der Waals surface area contributed by atoms with Gasteiger partial charge < -0.3 is 14.8 Å². The number of unbranched alkanes of at least 4 members (excludes halogenated alkanes) is 5. The Labute approximate surface area is 149 Å². The fourth-order valence-corrected chi connectivity index (χ4v) is 3.36. The SMILES string of the molecule is COC(=O)C[C@@H](CSc1ccccc1)NCCCCCCCC=O. The third-order valence-corrected chi connectivity index (χ3v) is 4.94. The summed E-state index contributed by atoms with van der Waals surface area (Å²) < 4.78 is 4.80. The number of thioether (sulfide) groups is 1. The van der Waals surface area contributed by atoms with E-state index in [4.69, 9.17) is 4.74 Å². The molecule has 0 saturated heterocycles. The highest BCUT2D eigenvalue weighted by Gasteiger charge is 2.14. The first-order valence-electron chi connectivity index (χ1n) is 8.68. The maximum atomic E-state index is 11.6. The number of methoxy groups -OCH3 is 1. The summed E-state index contributed by atoms with van der Waals surface area (Å²) in [5.41, 5.74) is 0. The first-order valence-corrected chi connectivity index (χ1v) is 9.66. The second-order valence-corrected chi connectivity index (χ2v) is 6.87. The lowest BCUT2D eigenvalue weighted by Crippen LogP contribution is -2.34. The van der Waals surface area contributed by atoms with Gasteiger partial charge >= 0.3 is 5.97 Å². The van der Waals surface area contributed by atoms with Crippen LogP contribution in [-0.2, 0) is 14.3 Å². The normalized spacial score (nSPS) is 11.9. The van der Waals surface area contributed by atoms with E-state index < -0.39 is 0 Å². The minimum atomic E-state index is -0.171. The molecule has 0 radical (unpaired) electrons. The fraction of sp³-hybridized carbons (Fsp3) is 0.579. The van der Waals surface area contributed by atoms with Crippen molar-refractivity contribution >= 4 is 24.0 Å². The van der Waals surface area contributed by atoms with Crippen molar-refractivity contribution in [3.05, 3.63) is 30.3 Å². The van der Waals surface area contributed by atoms with E-state index in [0.717, 1.165) is 50.7 Å². The molecule has 0 aromatic heterocycles. The van der Waals surface area contributed by atoms with Crippen LogP contribution in [0.4, 0.5) is 0 Å². The fourth-order valence-electron chi connectivity index (χ4n) is 2.38. The molecule has 0 aliphatic heterocycles. The molecule has 4 nitrogen and oxygen atoms in total. The zero-order chi connectivity index (χ0) is 17.5. The molecule has 1 aromatic rings. The summed E-state index contributed by atoms with van der Waals surface area (Å²) in [6.45, 7) is 0.907. The summed E-state index contributed by atoms with van der Waals surface area (Å²) >= 11 is 1.76. The number of hydrogen-bond acceptors (Lipinski definition) is 5. The van der Waals surface area contributed by atoms with Crippen molar-refractivity contribution < 1.29 is 14.3 Å². The number of nitrogens with one attached hydrogen (secondary N) is 1. The van der Waals surface area contributed by atoms with Crippen LogP contribution in [0.15, 0.2) is 35.2 Å². The summed E-state index contributed by atoms with van der Waals surface area (Å²) in [6.07, 6.45) is 7.59. The molecule has 0 amide bonds. The number of ether oxygens (including phenoxy) is 1. The highest BCUT2D eigenvalue weighted by Crippen LogP contribution is 2.19. The molecule has 1 atom stereocenters. The molecule has 0 aliphatic rings. The topological polar surface area (TPSA) is 55.4 Å². The first kappa shape index (κ1) is 20.7. The molecule has 0 bridgehead atoms. The Balaban J connectivity index is 2.23. The van der Waals surface area contributed by atoms with Gasteiger partial charge in [0.2, 0.25) is 0 Å². The van der Waals surface area contributed by atoms with Crippen molar-refractivity contribution in [1.82, 2.24) is 5.32 Å². The molecular formula is C19H29NO3S. The maximum absolute atomic E-state index is 11.6. The lowest BCUT2D eigenvalue weighted by Gasteiger charge is -2.17. The van der Waals surface area contributed by atoms with Crippen LogP contribution in [0.25, 0.3) is 0 Å². The number of hydrogen-bond donors (Lipinski definition) is 1. The van der Waals surface area contributed by atoms with Crippen LogP contribution in [0, 0.1) is 0 Å². The number of aldehydes is 1. The maximum Gasteiger partial charge on any atom is 0.307 e. The highest BCUT2D eigenvalue weighted by atomic mass is 32.2. The summed E-state index contributed by atoms with van der Waals surface area (Å²) in [6, 6.07) is 10.3. The van der Waals surface area contributed by atoms with Crippen LogP contribution in [0.1, 0.15) is 44.9 Å². The van der Waals surface area contributed by atoms with Gasteiger partial charge in [0.1, 0.15) is 6.29 Å². The van der Waals surface area contributed by atoms with Gasteiger partial charge in [0.25, 0.3) is 0 Å². The zero-order valence-corrected chi connectivity index (χ0v) is 15.4. The number of benzene rings is 1. The largest absolute Gasteiger partial charge is 0.469 e. The monoisotopic (exact) mass is 351 g/mol. The van der Waals surface area contributed by atoms with Gasteiger partial charge in [-0.2, -0.15) is 0 Å². The number of rotatable bonds is 14. The van der Waals surface area contributed by atoms with Gasteiger partial charge in [-0.1, -0.05) is 37.5 Å². The van der Waals surface area contributed by atoms with E-state index in [9.17, 15) is 9.59 Å². The standard InChI is InChI=1S/C19H29NO3S/c1-23-19(22)15-17(16-24-18-11-7-6-8-12-18)20-13-9-4-2-3-5-10-14-21/h6-8,11-12,14,17,20H,2-5,9-10,13,15-16H2,1H3/t17-/m0/s1. The average Bonchev–Trinajstić information content (AvgIpc) is 2.62. The predicted octanol–water partition coefficient (Wildman–Crippen LogP) is 3.84. The van der Waals surface area contributed by atoms with Crippen molar-refractivity contribution in [1.29, 1.82) is 0 Å². The van der Waals surface area contributed by atoms with Crippen molar-refractivity contribution in [2.24, 2.45) is 0 Å². The highest BCUT2D eigenvalue weighted by molar-refractivity contribution is 7.99. The van der Waals surface area contributed by atoms with Crippen LogP contribution < -0.4 is 5.32 Å². The minimum Gasteiger partial charge on any atom is -0.469 e. The Hall–Kier alpha value is -1.33. The second kappa shape index (κ2) is 14.1. The van der Waals surface area contributed by atoms with Crippen LogP contribution in [-0.4, -0.2) is 37.7 Å². The smallest absolute Gasteiger partial charge is 0.307 e. The van der Waals surface area contributed by atoms with Crippen molar-refractivity contribution in [3.8, 4) is 0 Å². The molecule has 1 rings (SSSR count). The Bertz CT molecular complexity index is 453. The van der Waals surface area contributed by atoms with Gasteiger partial charge in [-0.25, -0.2) is 0 Å². The molecule has 0 heterocycles. The van der Waals surface area contributed by atoms with E-state index >= 15 is 0 Å². The van der Waals surface area contributed by atoms with E-state index in [-0.39, 0.29) is 12.0 Å². The van der Waals surface area contributed by atoms with Gasteiger partial charge in [0.05, 0.1) is 13.5 Å². The molecule has 1 N–H and O–H groups in total. The molecule has 0 unspecified atom stereocenters. The number of carbonyl (C=O) groups excluding carboxylic acids is 2. The van der Waals surface area contributed by atoms with Crippen molar-refractivity contribution in [2.75, 3.05) is 19.4 Å². The summed E-state index contributed by atoms with van der Waals surface area (Å²) in [5, 5.41) is 3.48. The van der Waals surface area contributed by atoms with Gasteiger partial charge in [-0.3, -0.25) is 4.79 Å². The lowest BCUT2D eigenvalue weighted by atomic mass is 10.1. The number of carbonyl (C=O) groups is 2. The summed E-state index contributed by atoms with van der Waals surface area (Å²) in [4.78, 5) is 23.0. The molecule has 5 heteroatoms. The Kier molecular flexibility index (Phi) is 12.1. The van der Waals surface area contributed by atoms with E-state index in [0.29, 0.717) is 12.8 Å². The zero-order valence-electron chi connectivity index (χ0n) is 14.5.